The molecule has 4 aromatic rings. The predicted molar refractivity (Wildman–Crippen MR) is 153 cm³/mol. The van der Waals surface area contributed by atoms with Crippen LogP contribution in [-0.2, 0) is 14.3 Å². The third-order valence-corrected chi connectivity index (χ3v) is 8.64. The van der Waals surface area contributed by atoms with Gasteiger partial charge in [0.2, 0.25) is 29.0 Å². The lowest BCUT2D eigenvalue weighted by Gasteiger charge is -2.27. The number of nitrogens with zero attached hydrogens (tertiary/aromatic N) is 1. The van der Waals surface area contributed by atoms with Gasteiger partial charge in [-0.1, -0.05) is 63.9 Å². The van der Waals surface area contributed by atoms with E-state index in [0.29, 0.717) is 27.8 Å². The molecule has 7 rings (SSSR count). The lowest BCUT2D eigenvalue weighted by Crippen LogP contribution is -2.51. The maximum Gasteiger partial charge on any atom is 0.241 e. The largest absolute Gasteiger partial charge is 0.457 e. The third kappa shape index (κ3) is 3.82. The number of ketones is 2. The molecule has 2 fully saturated rings. The first-order valence-electron chi connectivity index (χ1n) is 12.8. The fourth-order valence-electron chi connectivity index (χ4n) is 6.03. The Bertz CT molecular complexity index is 1720. The Balaban J connectivity index is 1.28. The van der Waals surface area contributed by atoms with Crippen molar-refractivity contribution in [3.8, 4) is 11.5 Å². The second kappa shape index (κ2) is 9.48. The van der Waals surface area contributed by atoms with Crippen molar-refractivity contribution in [2.24, 2.45) is 11.8 Å². The highest BCUT2D eigenvalue weighted by Crippen LogP contribution is 2.57. The zero-order chi connectivity index (χ0) is 28.5. The Morgan fingerprint density at radius 2 is 1.29 bits per heavy atom. The summed E-state index contributed by atoms with van der Waals surface area (Å²) in [5.41, 5.74) is -0.847. The molecule has 2 amide bonds. The average molecular weight is 629 g/mol. The van der Waals surface area contributed by atoms with Crippen molar-refractivity contribution >= 4 is 56.6 Å². The molecular weight excluding hydrogens is 610 g/mol. The Kier molecular flexibility index (Phi) is 5.97. The van der Waals surface area contributed by atoms with Gasteiger partial charge in [-0.25, -0.2) is 4.90 Å². The highest BCUT2D eigenvalue weighted by molar-refractivity contribution is 9.10. The number of ether oxygens (including phenoxy) is 2. The van der Waals surface area contributed by atoms with E-state index in [0.717, 1.165) is 9.37 Å². The Labute approximate surface area is 247 Å². The van der Waals surface area contributed by atoms with Gasteiger partial charge in [-0.05, 0) is 66.2 Å². The molecule has 0 unspecified atom stereocenters. The highest BCUT2D eigenvalue weighted by atomic mass is 79.9. The topological polar surface area (TPSA) is 90.0 Å². The molecule has 4 aromatic carbocycles. The Hall–Kier alpha value is -4.11. The average Bonchev–Trinajstić information content (AvgIpc) is 3.55. The zero-order valence-corrected chi connectivity index (χ0v) is 23.5. The lowest BCUT2D eigenvalue weighted by molar-refractivity contribution is -0.127. The zero-order valence-electron chi connectivity index (χ0n) is 21.1. The lowest BCUT2D eigenvalue weighted by atomic mass is 9.77. The van der Waals surface area contributed by atoms with Crippen molar-refractivity contribution in [2.75, 3.05) is 4.90 Å². The van der Waals surface area contributed by atoms with E-state index in [1.165, 1.54) is 0 Å². The molecule has 2 heterocycles. The van der Waals surface area contributed by atoms with Crippen LogP contribution in [0.5, 0.6) is 11.5 Å². The number of halogens is 2. The van der Waals surface area contributed by atoms with Crippen LogP contribution in [0.4, 0.5) is 5.69 Å². The second-order valence-electron chi connectivity index (χ2n) is 10.1. The van der Waals surface area contributed by atoms with Crippen molar-refractivity contribution in [1.82, 2.24) is 0 Å². The summed E-state index contributed by atoms with van der Waals surface area (Å²) >= 11 is 9.35. The fourth-order valence-corrected chi connectivity index (χ4v) is 6.42. The van der Waals surface area contributed by atoms with Crippen molar-refractivity contribution in [3.63, 3.8) is 0 Å². The number of hydrogen-bond donors (Lipinski definition) is 0. The molecule has 9 heteroatoms. The summed E-state index contributed by atoms with van der Waals surface area (Å²) in [5.74, 6) is -3.71. The van der Waals surface area contributed by atoms with Gasteiger partial charge in [0.25, 0.3) is 0 Å². The van der Waals surface area contributed by atoms with Crippen LogP contribution in [0.3, 0.4) is 0 Å². The van der Waals surface area contributed by atoms with Gasteiger partial charge in [0.05, 0.1) is 23.6 Å². The van der Waals surface area contributed by atoms with Crippen LogP contribution in [-0.4, -0.2) is 29.0 Å². The minimum atomic E-state index is -2.12. The van der Waals surface area contributed by atoms with Gasteiger partial charge >= 0.3 is 0 Å². The molecule has 3 aliphatic rings. The normalized spacial score (nSPS) is 22.4. The molecule has 1 aliphatic carbocycles. The van der Waals surface area contributed by atoms with E-state index in [1.54, 1.807) is 97.1 Å². The second-order valence-corrected chi connectivity index (χ2v) is 11.4. The Morgan fingerprint density at radius 1 is 0.732 bits per heavy atom. The molecular formula is C32H19BrClNO6. The van der Waals surface area contributed by atoms with Crippen LogP contribution in [0.1, 0.15) is 32.4 Å². The summed E-state index contributed by atoms with van der Waals surface area (Å²) in [4.78, 5) is 57.0. The summed E-state index contributed by atoms with van der Waals surface area (Å²) in [6.07, 6.45) is -0.982. The predicted octanol–water partition coefficient (Wildman–Crippen LogP) is 6.59. The van der Waals surface area contributed by atoms with Crippen LogP contribution in [0.15, 0.2) is 102 Å². The number of rotatable bonds is 4. The van der Waals surface area contributed by atoms with Crippen LogP contribution in [0.25, 0.3) is 0 Å². The molecule has 41 heavy (non-hydrogen) atoms. The number of benzene rings is 4. The number of carbonyl (C=O) groups excluding carboxylic acids is 4. The number of Topliss-reactive ketones (excluding diaryl/α,β-unsaturated/α-hetero) is 2. The molecule has 2 aliphatic heterocycles. The number of amides is 2. The summed E-state index contributed by atoms with van der Waals surface area (Å²) in [5, 5.41) is 0.579. The minimum Gasteiger partial charge on any atom is -0.457 e. The maximum atomic E-state index is 14.1. The molecule has 3 atom stereocenters. The van der Waals surface area contributed by atoms with Gasteiger partial charge < -0.3 is 9.47 Å². The van der Waals surface area contributed by atoms with Gasteiger partial charge in [0, 0.05) is 20.6 Å². The van der Waals surface area contributed by atoms with Crippen LogP contribution in [0, 0.1) is 11.8 Å². The van der Waals surface area contributed by atoms with E-state index in [-0.39, 0.29) is 11.1 Å². The quantitative estimate of drug-likeness (QED) is 0.187. The summed E-state index contributed by atoms with van der Waals surface area (Å²) < 4.78 is 13.0. The van der Waals surface area contributed by atoms with E-state index in [9.17, 15) is 19.2 Å². The minimum absolute atomic E-state index is 0.190. The van der Waals surface area contributed by atoms with Crippen LogP contribution in [0.2, 0.25) is 5.02 Å². The molecule has 202 valence electrons. The number of hydrogen-bond acceptors (Lipinski definition) is 6. The number of imide groups is 1. The molecule has 0 aromatic heterocycles. The van der Waals surface area contributed by atoms with Crippen molar-refractivity contribution in [1.29, 1.82) is 0 Å². The first-order valence-corrected chi connectivity index (χ1v) is 14.0. The number of anilines is 1. The molecule has 1 spiro atoms. The number of fused-ring (bicyclic) bond motifs is 3. The van der Waals surface area contributed by atoms with E-state index < -0.39 is 46.9 Å². The maximum absolute atomic E-state index is 14.1. The van der Waals surface area contributed by atoms with Gasteiger partial charge in [0.15, 0.2) is 0 Å². The molecule has 0 saturated carbocycles. The van der Waals surface area contributed by atoms with E-state index >= 15 is 0 Å². The third-order valence-electron chi connectivity index (χ3n) is 7.86. The molecule has 0 bridgehead atoms. The standard InChI is InChI=1S/C32H19BrClNO6/c33-18-7-5-17(6-8-18)27-25-26(32(41-27)28(36)23-3-1-2-4-24(23)29(32)37)31(39)35(30(25)38)20-11-15-22(16-12-20)40-21-13-9-19(34)10-14-21/h1-16,25-27H/t25-,26-,27+/m0/s1. The van der Waals surface area contributed by atoms with Crippen molar-refractivity contribution in [3.05, 3.63) is 123 Å². The summed E-state index contributed by atoms with van der Waals surface area (Å²) in [7, 11) is 0. The van der Waals surface area contributed by atoms with E-state index in [2.05, 4.69) is 15.9 Å². The fraction of sp³-hybridized carbons (Fsp3) is 0.125. The Morgan fingerprint density at radius 3 is 1.88 bits per heavy atom. The summed E-state index contributed by atoms with van der Waals surface area (Å²) in [6.45, 7) is 0. The van der Waals surface area contributed by atoms with E-state index in [4.69, 9.17) is 21.1 Å². The van der Waals surface area contributed by atoms with Crippen LogP contribution >= 0.6 is 27.5 Å². The van der Waals surface area contributed by atoms with Gasteiger partial charge in [0.1, 0.15) is 11.5 Å². The van der Waals surface area contributed by atoms with Gasteiger partial charge in [-0.15, -0.1) is 0 Å². The highest BCUT2D eigenvalue weighted by Gasteiger charge is 2.74. The first kappa shape index (κ1) is 25.8. The number of carbonyl (C=O) groups is 4. The van der Waals surface area contributed by atoms with Crippen LogP contribution < -0.4 is 9.64 Å². The monoisotopic (exact) mass is 627 g/mol. The molecule has 2 saturated heterocycles. The van der Waals surface area contributed by atoms with Crippen molar-refractivity contribution in [2.45, 2.75) is 11.7 Å². The van der Waals surface area contributed by atoms with Gasteiger partial charge in [-0.2, -0.15) is 0 Å². The van der Waals surface area contributed by atoms with Gasteiger partial charge in [-0.3, -0.25) is 19.2 Å². The first-order chi connectivity index (χ1) is 19.8. The molecule has 0 radical (unpaired) electrons. The molecule has 7 nitrogen and oxygen atoms in total. The van der Waals surface area contributed by atoms with E-state index in [1.807, 2.05) is 0 Å². The van der Waals surface area contributed by atoms with Crippen molar-refractivity contribution < 1.29 is 28.7 Å². The SMILES string of the molecule is O=C1[C@@H]2[C@@H](c3ccc(Br)cc3)OC3(C(=O)c4ccccc4C3=O)[C@@H]2C(=O)N1c1ccc(Oc2ccc(Cl)cc2)cc1. The smallest absolute Gasteiger partial charge is 0.241 e. The summed E-state index contributed by atoms with van der Waals surface area (Å²) in [6, 6.07) is 26.8. The molecule has 0 N–H and O–H groups in total.